The van der Waals surface area contributed by atoms with Crippen molar-refractivity contribution in [1.29, 1.82) is 0 Å². The van der Waals surface area contributed by atoms with Crippen LogP contribution in [-0.2, 0) is 0 Å². The van der Waals surface area contributed by atoms with Gasteiger partial charge >= 0.3 is 0 Å². The van der Waals surface area contributed by atoms with Crippen molar-refractivity contribution in [3.8, 4) is 0 Å². The maximum atomic E-state index is 13.1. The number of nitrogens with one attached hydrogen (secondary N) is 2. The van der Waals surface area contributed by atoms with E-state index in [0.29, 0.717) is 11.2 Å². The average molecular weight is 390 g/mol. The molecule has 0 unspecified atom stereocenters. The number of fused-ring (bicyclic) bond motifs is 1. The molecule has 3 aromatic rings. The first-order chi connectivity index (χ1) is 14.0. The number of benzene rings is 1. The monoisotopic (exact) mass is 390 g/mol. The van der Waals surface area contributed by atoms with E-state index in [0.717, 1.165) is 36.9 Å². The predicted octanol–water partition coefficient (Wildman–Crippen LogP) is 4.38. The molecule has 2 amide bonds. The molecular formula is C23H26N4O2. The summed E-state index contributed by atoms with van der Waals surface area (Å²) in [7, 11) is 0. The van der Waals surface area contributed by atoms with Crippen LogP contribution in [0.5, 0.6) is 0 Å². The Morgan fingerprint density at radius 3 is 2.52 bits per heavy atom. The standard InChI is InChI=1S/C23H26N4O2/c1-15(2)17-11-5-6-12-18(17)25-23(29)21-26-20(19-13-7-8-14-27(19)21)22(28)24-16-9-3-4-10-16/h5-8,11-16H,3-4,9-10H2,1-2H3,(H,24,28)(H,25,29). The van der Waals surface area contributed by atoms with E-state index in [1.165, 1.54) is 0 Å². The summed E-state index contributed by atoms with van der Waals surface area (Å²) in [6.45, 7) is 4.17. The molecule has 6 heteroatoms. The minimum atomic E-state index is -0.334. The SMILES string of the molecule is CC(C)c1ccccc1NC(=O)c1nc(C(=O)NC2CCCC2)c2ccccn12. The zero-order valence-corrected chi connectivity index (χ0v) is 16.8. The van der Waals surface area contributed by atoms with Crippen molar-refractivity contribution < 1.29 is 9.59 Å². The third kappa shape index (κ3) is 3.88. The minimum Gasteiger partial charge on any atom is -0.348 e. The van der Waals surface area contributed by atoms with Crippen molar-refractivity contribution in [1.82, 2.24) is 14.7 Å². The van der Waals surface area contributed by atoms with Crippen LogP contribution in [0.25, 0.3) is 5.52 Å². The van der Waals surface area contributed by atoms with E-state index < -0.39 is 0 Å². The molecule has 0 bridgehead atoms. The van der Waals surface area contributed by atoms with Crippen LogP contribution < -0.4 is 10.6 Å². The number of pyridine rings is 1. The van der Waals surface area contributed by atoms with Crippen LogP contribution in [0.3, 0.4) is 0 Å². The highest BCUT2D eigenvalue weighted by atomic mass is 16.2. The summed E-state index contributed by atoms with van der Waals surface area (Å²) in [5, 5.41) is 6.04. The van der Waals surface area contributed by atoms with Gasteiger partial charge in [-0.15, -0.1) is 0 Å². The van der Waals surface area contributed by atoms with Gasteiger partial charge in [-0.25, -0.2) is 4.98 Å². The summed E-state index contributed by atoms with van der Waals surface area (Å²) in [5.41, 5.74) is 2.74. The van der Waals surface area contributed by atoms with Gasteiger partial charge in [0.05, 0.1) is 5.52 Å². The summed E-state index contributed by atoms with van der Waals surface area (Å²) in [6.07, 6.45) is 6.03. The number of hydrogen-bond acceptors (Lipinski definition) is 3. The molecule has 4 rings (SSSR count). The van der Waals surface area contributed by atoms with Crippen LogP contribution in [0.4, 0.5) is 5.69 Å². The topological polar surface area (TPSA) is 75.5 Å². The van der Waals surface area contributed by atoms with Crippen LogP contribution in [0.2, 0.25) is 0 Å². The molecule has 2 N–H and O–H groups in total. The molecule has 0 radical (unpaired) electrons. The number of hydrogen-bond donors (Lipinski definition) is 2. The molecular weight excluding hydrogens is 364 g/mol. The van der Waals surface area contributed by atoms with Gasteiger partial charge in [-0.05, 0) is 42.5 Å². The van der Waals surface area contributed by atoms with E-state index in [-0.39, 0.29) is 29.6 Å². The van der Waals surface area contributed by atoms with Crippen molar-refractivity contribution in [2.75, 3.05) is 5.32 Å². The summed E-state index contributed by atoms with van der Waals surface area (Å²) in [5.74, 6) is -0.0755. The molecule has 1 fully saturated rings. The van der Waals surface area contributed by atoms with Crippen LogP contribution in [-0.4, -0.2) is 27.2 Å². The molecule has 1 aromatic carbocycles. The number of carbonyl (C=O) groups is 2. The van der Waals surface area contributed by atoms with Crippen molar-refractivity contribution in [2.24, 2.45) is 0 Å². The van der Waals surface area contributed by atoms with E-state index in [2.05, 4.69) is 29.5 Å². The van der Waals surface area contributed by atoms with E-state index in [1.807, 2.05) is 42.5 Å². The van der Waals surface area contributed by atoms with E-state index in [9.17, 15) is 9.59 Å². The molecule has 29 heavy (non-hydrogen) atoms. The van der Waals surface area contributed by atoms with Gasteiger partial charge in [0.1, 0.15) is 0 Å². The van der Waals surface area contributed by atoms with Crippen LogP contribution >= 0.6 is 0 Å². The van der Waals surface area contributed by atoms with Gasteiger partial charge in [0.25, 0.3) is 11.8 Å². The number of rotatable bonds is 5. The number of nitrogens with zero attached hydrogens (tertiary/aromatic N) is 2. The fourth-order valence-corrected chi connectivity index (χ4v) is 3.98. The molecule has 0 aliphatic heterocycles. The van der Waals surface area contributed by atoms with Crippen LogP contribution in [0.15, 0.2) is 48.7 Å². The highest BCUT2D eigenvalue weighted by Gasteiger charge is 2.25. The Balaban J connectivity index is 1.65. The van der Waals surface area contributed by atoms with Crippen LogP contribution in [0, 0.1) is 0 Å². The summed E-state index contributed by atoms with van der Waals surface area (Å²) in [6, 6.07) is 13.4. The zero-order chi connectivity index (χ0) is 20.4. The van der Waals surface area contributed by atoms with E-state index >= 15 is 0 Å². The second-order valence-corrected chi connectivity index (χ2v) is 7.89. The first-order valence-corrected chi connectivity index (χ1v) is 10.2. The van der Waals surface area contributed by atoms with E-state index in [1.54, 1.807) is 10.6 Å². The normalized spacial score (nSPS) is 14.4. The number of anilines is 1. The molecule has 0 spiro atoms. The molecule has 1 saturated carbocycles. The number of amides is 2. The van der Waals surface area contributed by atoms with Gasteiger partial charge in [-0.1, -0.05) is 51.0 Å². The summed E-state index contributed by atoms with van der Waals surface area (Å²) < 4.78 is 1.68. The minimum absolute atomic E-state index is 0.193. The molecule has 2 aromatic heterocycles. The first kappa shape index (κ1) is 19.2. The van der Waals surface area contributed by atoms with Gasteiger partial charge in [0, 0.05) is 17.9 Å². The van der Waals surface area contributed by atoms with Gasteiger partial charge in [0.15, 0.2) is 5.69 Å². The largest absolute Gasteiger partial charge is 0.348 e. The summed E-state index contributed by atoms with van der Waals surface area (Å²) >= 11 is 0. The second-order valence-electron chi connectivity index (χ2n) is 7.89. The Bertz CT molecular complexity index is 1050. The predicted molar refractivity (Wildman–Crippen MR) is 113 cm³/mol. The fraction of sp³-hybridized carbons (Fsp3) is 0.348. The second kappa shape index (κ2) is 8.07. The highest BCUT2D eigenvalue weighted by molar-refractivity contribution is 6.06. The van der Waals surface area contributed by atoms with Gasteiger partial charge in [0.2, 0.25) is 5.82 Å². The lowest BCUT2D eigenvalue weighted by Gasteiger charge is -2.13. The van der Waals surface area contributed by atoms with Crippen molar-refractivity contribution in [2.45, 2.75) is 51.5 Å². The molecule has 150 valence electrons. The smallest absolute Gasteiger partial charge is 0.292 e. The number of aromatic nitrogens is 2. The maximum Gasteiger partial charge on any atom is 0.292 e. The summed E-state index contributed by atoms with van der Waals surface area (Å²) in [4.78, 5) is 30.3. The van der Waals surface area contributed by atoms with Crippen LogP contribution in [0.1, 0.15) is 72.1 Å². The first-order valence-electron chi connectivity index (χ1n) is 10.2. The Morgan fingerprint density at radius 2 is 1.76 bits per heavy atom. The fourth-order valence-electron chi connectivity index (χ4n) is 3.98. The van der Waals surface area contributed by atoms with Gasteiger partial charge < -0.3 is 10.6 Å². The van der Waals surface area contributed by atoms with Crippen molar-refractivity contribution >= 4 is 23.0 Å². The van der Waals surface area contributed by atoms with Gasteiger partial charge in [-0.2, -0.15) is 0 Å². The molecule has 1 aliphatic carbocycles. The third-order valence-electron chi connectivity index (χ3n) is 5.49. The molecule has 0 atom stereocenters. The lowest BCUT2D eigenvalue weighted by Crippen LogP contribution is -2.33. The maximum absolute atomic E-state index is 13.1. The third-order valence-corrected chi connectivity index (χ3v) is 5.49. The highest BCUT2D eigenvalue weighted by Crippen LogP contribution is 2.25. The Hall–Kier alpha value is -3.15. The molecule has 6 nitrogen and oxygen atoms in total. The Labute approximate surface area is 170 Å². The number of para-hydroxylation sites is 1. The number of carbonyl (C=O) groups excluding carboxylic acids is 2. The number of imidazole rings is 1. The van der Waals surface area contributed by atoms with Crippen molar-refractivity contribution in [3.63, 3.8) is 0 Å². The van der Waals surface area contributed by atoms with Gasteiger partial charge in [-0.3, -0.25) is 14.0 Å². The quantitative estimate of drug-likeness (QED) is 0.679. The average Bonchev–Trinajstić information content (AvgIpc) is 3.36. The van der Waals surface area contributed by atoms with Crippen molar-refractivity contribution in [3.05, 3.63) is 65.7 Å². The molecule has 1 aliphatic rings. The zero-order valence-electron chi connectivity index (χ0n) is 16.8. The van der Waals surface area contributed by atoms with E-state index in [4.69, 9.17) is 0 Å². The Morgan fingerprint density at radius 1 is 1.03 bits per heavy atom. The lowest BCUT2D eigenvalue weighted by atomic mass is 10.0. The Kier molecular flexibility index (Phi) is 5.34. The molecule has 2 heterocycles. The lowest BCUT2D eigenvalue weighted by molar-refractivity contribution is 0.0935. The molecule has 0 saturated heterocycles.